The molecule has 0 aromatic heterocycles. The molecule has 0 aliphatic rings. The van der Waals surface area contributed by atoms with Crippen LogP contribution in [0.1, 0.15) is 158 Å². The molecule has 0 saturated carbocycles. The SMILES string of the molecule is CC(C)(C)c1cc(C(C)(C)C)c([O-])c(C(C)(C)C)c1.CC(C)(C)c1cc(C(C)(C)C)c([O-])c(C(C)(C)C)c1.[Sr+2]. The van der Waals surface area contributed by atoms with Crippen LogP contribution in [0.5, 0.6) is 11.5 Å². The van der Waals surface area contributed by atoms with E-state index < -0.39 is 0 Å². The van der Waals surface area contributed by atoms with E-state index in [1.807, 2.05) is 0 Å². The van der Waals surface area contributed by atoms with Gasteiger partial charge in [-0.15, -0.1) is 11.5 Å². The summed E-state index contributed by atoms with van der Waals surface area (Å²) in [6.07, 6.45) is 0. The molecule has 2 aromatic carbocycles. The molecule has 0 atom stereocenters. The normalized spacial score (nSPS) is 13.4. The van der Waals surface area contributed by atoms with Crippen LogP contribution in [0.15, 0.2) is 24.3 Å². The molecule has 0 unspecified atom stereocenters. The number of rotatable bonds is 0. The molecule has 0 saturated heterocycles. The van der Waals surface area contributed by atoms with Crippen molar-refractivity contribution in [2.24, 2.45) is 0 Å². The Hall–Kier alpha value is -0.479. The van der Waals surface area contributed by atoms with Gasteiger partial charge in [-0.2, -0.15) is 0 Å². The Morgan fingerprint density at radius 1 is 0.333 bits per heavy atom. The average Bonchev–Trinajstić information content (AvgIpc) is 2.63. The van der Waals surface area contributed by atoms with Crippen LogP contribution in [-0.4, -0.2) is 45.5 Å². The molecule has 0 aliphatic heterocycles. The van der Waals surface area contributed by atoms with Crippen LogP contribution in [0.4, 0.5) is 0 Å². The van der Waals surface area contributed by atoms with E-state index in [2.05, 4.69) is 149 Å². The van der Waals surface area contributed by atoms with E-state index in [0.29, 0.717) is 0 Å². The zero-order valence-corrected chi connectivity index (χ0v) is 32.3. The monoisotopic (exact) mass is 610 g/mol. The molecule has 0 N–H and O–H groups in total. The van der Waals surface area contributed by atoms with Crippen LogP contribution in [0.3, 0.4) is 0 Å². The van der Waals surface area contributed by atoms with E-state index in [9.17, 15) is 10.2 Å². The number of hydrogen-bond acceptors (Lipinski definition) is 2. The van der Waals surface area contributed by atoms with E-state index in [1.54, 1.807) is 0 Å². The van der Waals surface area contributed by atoms with Crippen molar-refractivity contribution in [3.8, 4) is 11.5 Å². The maximum absolute atomic E-state index is 12.7. The molecule has 3 heteroatoms. The van der Waals surface area contributed by atoms with Crippen LogP contribution in [-0.2, 0) is 32.5 Å². The van der Waals surface area contributed by atoms with Gasteiger partial charge in [0.25, 0.3) is 0 Å². The van der Waals surface area contributed by atoms with Crippen molar-refractivity contribution in [3.63, 3.8) is 0 Å². The van der Waals surface area contributed by atoms with Crippen molar-refractivity contribution in [1.82, 2.24) is 0 Å². The van der Waals surface area contributed by atoms with Gasteiger partial charge in [-0.05, 0) is 65.9 Å². The zero-order chi connectivity index (χ0) is 30.4. The third-order valence-corrected chi connectivity index (χ3v) is 7.14. The van der Waals surface area contributed by atoms with Crippen molar-refractivity contribution in [1.29, 1.82) is 0 Å². The zero-order valence-electron chi connectivity index (χ0n) is 28.8. The minimum absolute atomic E-state index is 0. The van der Waals surface area contributed by atoms with Gasteiger partial charge in [0, 0.05) is 0 Å². The summed E-state index contributed by atoms with van der Waals surface area (Å²) in [5.74, 6) is 0.431. The Morgan fingerprint density at radius 3 is 0.590 bits per heavy atom. The van der Waals surface area contributed by atoms with Crippen molar-refractivity contribution < 1.29 is 10.2 Å². The fourth-order valence-corrected chi connectivity index (χ4v) is 4.35. The Bertz CT molecular complexity index is 952. The molecule has 0 amide bonds. The van der Waals surface area contributed by atoms with Crippen LogP contribution in [0.25, 0.3) is 0 Å². The summed E-state index contributed by atoms with van der Waals surface area (Å²) in [5, 5.41) is 25.5. The molecule has 0 fully saturated rings. The Morgan fingerprint density at radius 2 is 0.487 bits per heavy atom. The van der Waals surface area contributed by atoms with E-state index in [4.69, 9.17) is 0 Å². The summed E-state index contributed by atoms with van der Waals surface area (Å²) >= 11 is 0. The summed E-state index contributed by atoms with van der Waals surface area (Å²) in [4.78, 5) is 0. The standard InChI is InChI=1S/2C18H30O.Sr/c2*1-16(2,3)12-10-13(17(4,5)6)15(19)14(11-12)18(7,8)9;/h2*10-11,19H,1-9H3;/q;;+2/p-2. The first-order chi connectivity index (χ1) is 16.5. The molecule has 2 aromatic rings. The molecule has 39 heavy (non-hydrogen) atoms. The average molecular weight is 610 g/mol. The predicted octanol–water partition coefficient (Wildman–Crippen LogP) is 8.92. The molecule has 216 valence electrons. The van der Waals surface area contributed by atoms with E-state index in [1.165, 1.54) is 11.1 Å². The maximum Gasteiger partial charge on any atom is 2.00 e. The summed E-state index contributed by atoms with van der Waals surface area (Å²) in [7, 11) is 0. The van der Waals surface area contributed by atoms with Crippen LogP contribution in [0, 0.1) is 0 Å². The fraction of sp³-hybridized carbons (Fsp3) is 0.667. The minimum Gasteiger partial charge on any atom is -0.872 e. The van der Waals surface area contributed by atoms with Crippen LogP contribution in [0.2, 0.25) is 0 Å². The molecule has 2 rings (SSSR count). The molecule has 0 aliphatic carbocycles. The van der Waals surface area contributed by atoms with E-state index in [0.717, 1.165) is 22.3 Å². The summed E-state index contributed by atoms with van der Waals surface area (Å²) in [5.41, 5.74) is 5.92. The van der Waals surface area contributed by atoms with Gasteiger partial charge >= 0.3 is 45.5 Å². The minimum atomic E-state index is -0.113. The first-order valence-electron chi connectivity index (χ1n) is 14.2. The molecular formula is C36H58O2Sr. The molecule has 2 nitrogen and oxygen atoms in total. The van der Waals surface area contributed by atoms with Crippen LogP contribution >= 0.6 is 0 Å². The Kier molecular flexibility index (Phi) is 12.3. The van der Waals surface area contributed by atoms with Crippen LogP contribution < -0.4 is 10.2 Å². The first-order valence-corrected chi connectivity index (χ1v) is 14.2. The Balaban J connectivity index is 0.000000722. The van der Waals surface area contributed by atoms with E-state index in [-0.39, 0.29) is 89.5 Å². The number of hydrogen-bond donors (Lipinski definition) is 0. The predicted molar refractivity (Wildman–Crippen MR) is 170 cm³/mol. The topological polar surface area (TPSA) is 46.1 Å². The van der Waals surface area contributed by atoms with Crippen molar-refractivity contribution in [2.45, 2.75) is 157 Å². The molecular weight excluding hydrogens is 552 g/mol. The summed E-state index contributed by atoms with van der Waals surface area (Å²) in [6, 6.07) is 8.43. The third kappa shape index (κ3) is 10.4. The third-order valence-electron chi connectivity index (χ3n) is 7.14. The van der Waals surface area contributed by atoms with Crippen molar-refractivity contribution in [3.05, 3.63) is 57.6 Å². The molecule has 0 bridgehead atoms. The van der Waals surface area contributed by atoms with Gasteiger partial charge in [-0.25, -0.2) is 0 Å². The maximum atomic E-state index is 12.7. The van der Waals surface area contributed by atoms with Gasteiger partial charge in [-0.1, -0.05) is 149 Å². The van der Waals surface area contributed by atoms with Gasteiger partial charge < -0.3 is 10.2 Å². The van der Waals surface area contributed by atoms with E-state index >= 15 is 0 Å². The van der Waals surface area contributed by atoms with Gasteiger partial charge in [0.05, 0.1) is 0 Å². The second-order valence-corrected chi connectivity index (χ2v) is 17.3. The second kappa shape index (κ2) is 12.4. The smallest absolute Gasteiger partial charge is 0.872 e. The molecule has 0 spiro atoms. The number of benzene rings is 2. The quantitative estimate of drug-likeness (QED) is 0.280. The summed E-state index contributed by atoms with van der Waals surface area (Å²) in [6.45, 7) is 38.6. The fourth-order valence-electron chi connectivity index (χ4n) is 4.35. The van der Waals surface area contributed by atoms with Gasteiger partial charge in [-0.3, -0.25) is 0 Å². The Labute approximate surface area is 279 Å². The van der Waals surface area contributed by atoms with Gasteiger partial charge in [0.2, 0.25) is 0 Å². The van der Waals surface area contributed by atoms with Gasteiger partial charge in [0.1, 0.15) is 0 Å². The first kappa shape index (κ1) is 38.5. The van der Waals surface area contributed by atoms with Crippen molar-refractivity contribution >= 4 is 45.5 Å². The molecule has 0 radical (unpaired) electrons. The molecule has 0 heterocycles. The summed E-state index contributed by atoms with van der Waals surface area (Å²) < 4.78 is 0. The second-order valence-electron chi connectivity index (χ2n) is 17.3. The van der Waals surface area contributed by atoms with Gasteiger partial charge in [0.15, 0.2) is 0 Å². The largest absolute Gasteiger partial charge is 2.00 e. The van der Waals surface area contributed by atoms with Crippen molar-refractivity contribution in [2.75, 3.05) is 0 Å².